The van der Waals surface area contributed by atoms with Crippen LogP contribution in [0.3, 0.4) is 0 Å². The second-order valence-electron chi connectivity index (χ2n) is 6.21. The smallest absolute Gasteiger partial charge is 0.334 e. The molecule has 3 rings (SSSR count). The molecule has 0 bridgehead atoms. The van der Waals surface area contributed by atoms with Crippen LogP contribution in [-0.2, 0) is 9.53 Å². The quantitative estimate of drug-likeness (QED) is 0.406. The number of rotatable bonds is 0. The van der Waals surface area contributed by atoms with Crippen molar-refractivity contribution in [3.8, 4) is 0 Å². The van der Waals surface area contributed by atoms with Crippen LogP contribution in [0.15, 0.2) is 23.3 Å². The van der Waals surface area contributed by atoms with Gasteiger partial charge in [-0.25, -0.2) is 4.79 Å². The summed E-state index contributed by atoms with van der Waals surface area (Å²) in [7, 11) is 0. The highest BCUT2D eigenvalue weighted by Crippen LogP contribution is 2.55. The van der Waals surface area contributed by atoms with Gasteiger partial charge in [0.2, 0.25) is 0 Å². The lowest BCUT2D eigenvalue weighted by atomic mass is 9.59. The first-order valence-electron chi connectivity index (χ1n) is 6.73. The molecular formula is C15H20O3. The molecule has 0 aromatic rings. The Morgan fingerprint density at radius 3 is 2.78 bits per heavy atom. The van der Waals surface area contributed by atoms with E-state index in [1.807, 2.05) is 6.92 Å². The summed E-state index contributed by atoms with van der Waals surface area (Å²) in [5.41, 5.74) is 2.89. The third kappa shape index (κ3) is 1.43. The van der Waals surface area contributed by atoms with E-state index in [4.69, 9.17) is 4.74 Å². The van der Waals surface area contributed by atoms with Gasteiger partial charge in [0.05, 0.1) is 6.10 Å². The van der Waals surface area contributed by atoms with E-state index < -0.39 is 0 Å². The summed E-state index contributed by atoms with van der Waals surface area (Å²) in [4.78, 5) is 11.7. The lowest BCUT2D eigenvalue weighted by Gasteiger charge is -2.46. The molecule has 1 saturated heterocycles. The molecule has 1 N–H and O–H groups in total. The zero-order valence-corrected chi connectivity index (χ0v) is 11.0. The summed E-state index contributed by atoms with van der Waals surface area (Å²) < 4.78 is 5.52. The molecule has 3 nitrogen and oxygen atoms in total. The van der Waals surface area contributed by atoms with Gasteiger partial charge in [0, 0.05) is 11.5 Å². The van der Waals surface area contributed by atoms with Crippen molar-refractivity contribution in [2.45, 2.75) is 51.7 Å². The number of fused-ring (bicyclic) bond motifs is 3. The number of aliphatic hydroxyl groups is 1. The van der Waals surface area contributed by atoms with Crippen LogP contribution >= 0.6 is 0 Å². The van der Waals surface area contributed by atoms with Crippen molar-refractivity contribution in [1.29, 1.82) is 0 Å². The third-order valence-corrected chi connectivity index (χ3v) is 5.15. The predicted molar refractivity (Wildman–Crippen MR) is 67.8 cm³/mol. The number of carbonyl (C=O) groups is 1. The number of carbonyl (C=O) groups excluding carboxylic acids is 1. The Morgan fingerprint density at radius 2 is 2.06 bits per heavy atom. The first kappa shape index (κ1) is 12.0. The Morgan fingerprint density at radius 1 is 1.39 bits per heavy atom. The molecule has 0 radical (unpaired) electrons. The van der Waals surface area contributed by atoms with E-state index in [0.29, 0.717) is 5.57 Å². The highest BCUT2D eigenvalue weighted by molar-refractivity contribution is 5.91. The summed E-state index contributed by atoms with van der Waals surface area (Å²) in [5, 5.41) is 10.1. The fourth-order valence-electron chi connectivity index (χ4n) is 3.96. The lowest BCUT2D eigenvalue weighted by Crippen LogP contribution is -2.42. The maximum atomic E-state index is 11.7. The summed E-state index contributed by atoms with van der Waals surface area (Å²) in [6.07, 6.45) is 3.28. The normalized spacial score (nSPS) is 43.6. The maximum absolute atomic E-state index is 11.7. The highest BCUT2D eigenvalue weighted by Gasteiger charge is 2.52. The lowest BCUT2D eigenvalue weighted by molar-refractivity contribution is -0.138. The second kappa shape index (κ2) is 3.70. The predicted octanol–water partition coefficient (Wildman–Crippen LogP) is 2.36. The summed E-state index contributed by atoms with van der Waals surface area (Å²) in [6, 6.07) is 0. The fraction of sp³-hybridized carbons (Fsp3) is 0.667. The molecule has 4 atom stereocenters. The molecule has 1 aliphatic heterocycles. The van der Waals surface area contributed by atoms with Crippen LogP contribution in [0.2, 0.25) is 0 Å². The van der Waals surface area contributed by atoms with E-state index in [1.54, 1.807) is 0 Å². The molecule has 4 unspecified atom stereocenters. The van der Waals surface area contributed by atoms with E-state index in [1.165, 1.54) is 5.57 Å². The Kier molecular flexibility index (Phi) is 2.46. The molecule has 1 saturated carbocycles. The molecule has 0 spiro atoms. The van der Waals surface area contributed by atoms with Crippen molar-refractivity contribution in [2.24, 2.45) is 11.3 Å². The number of hydrogen-bond acceptors (Lipinski definition) is 3. The molecule has 2 aliphatic carbocycles. The largest absolute Gasteiger partial charge is 0.454 e. The fourth-order valence-corrected chi connectivity index (χ4v) is 3.96. The minimum absolute atomic E-state index is 0.0926. The van der Waals surface area contributed by atoms with Crippen LogP contribution in [0.5, 0.6) is 0 Å². The van der Waals surface area contributed by atoms with Crippen LogP contribution in [0.1, 0.15) is 39.5 Å². The molecule has 3 heteroatoms. The second-order valence-corrected chi connectivity index (χ2v) is 6.21. The van der Waals surface area contributed by atoms with Crippen molar-refractivity contribution < 1.29 is 14.6 Å². The van der Waals surface area contributed by atoms with Crippen molar-refractivity contribution in [3.63, 3.8) is 0 Å². The van der Waals surface area contributed by atoms with Gasteiger partial charge in [-0.2, -0.15) is 0 Å². The average molecular weight is 248 g/mol. The molecule has 0 aromatic carbocycles. The minimum Gasteiger partial charge on any atom is -0.454 e. The Balaban J connectivity index is 2.08. The first-order chi connectivity index (χ1) is 8.44. The Hall–Kier alpha value is -1.09. The van der Waals surface area contributed by atoms with Gasteiger partial charge in [0.1, 0.15) is 6.10 Å². The maximum Gasteiger partial charge on any atom is 0.334 e. The number of esters is 1. The molecule has 98 valence electrons. The summed E-state index contributed by atoms with van der Waals surface area (Å²) in [6.45, 7) is 8.08. The highest BCUT2D eigenvalue weighted by atomic mass is 16.6. The number of hydrogen-bond donors (Lipinski definition) is 1. The van der Waals surface area contributed by atoms with E-state index in [-0.39, 0.29) is 29.5 Å². The molecule has 3 aliphatic rings. The van der Waals surface area contributed by atoms with Crippen LogP contribution in [0.4, 0.5) is 0 Å². The van der Waals surface area contributed by atoms with Crippen molar-refractivity contribution in [3.05, 3.63) is 23.3 Å². The minimum atomic E-state index is -0.376. The zero-order valence-electron chi connectivity index (χ0n) is 11.0. The third-order valence-electron chi connectivity index (χ3n) is 5.15. The SMILES string of the molecule is C=C1C(=O)OC2C3=C(C)C(O)CCC3(C)CCC12. The van der Waals surface area contributed by atoms with Gasteiger partial charge in [-0.15, -0.1) is 0 Å². The van der Waals surface area contributed by atoms with Gasteiger partial charge in [0.15, 0.2) is 0 Å². The molecular weight excluding hydrogens is 228 g/mol. The van der Waals surface area contributed by atoms with Crippen molar-refractivity contribution in [2.75, 3.05) is 0 Å². The summed E-state index contributed by atoms with van der Waals surface area (Å²) >= 11 is 0. The van der Waals surface area contributed by atoms with Crippen LogP contribution in [0.25, 0.3) is 0 Å². The Labute approximate surface area is 108 Å². The van der Waals surface area contributed by atoms with E-state index in [9.17, 15) is 9.90 Å². The van der Waals surface area contributed by atoms with Crippen LogP contribution in [0, 0.1) is 11.3 Å². The van der Waals surface area contributed by atoms with Crippen LogP contribution in [-0.4, -0.2) is 23.3 Å². The molecule has 0 amide bonds. The number of aliphatic hydroxyl groups excluding tert-OH is 1. The molecule has 0 aromatic heterocycles. The van der Waals surface area contributed by atoms with E-state index >= 15 is 0 Å². The first-order valence-corrected chi connectivity index (χ1v) is 6.73. The van der Waals surface area contributed by atoms with Gasteiger partial charge in [-0.05, 0) is 49.2 Å². The van der Waals surface area contributed by atoms with Crippen molar-refractivity contribution in [1.82, 2.24) is 0 Å². The van der Waals surface area contributed by atoms with E-state index in [2.05, 4.69) is 13.5 Å². The Bertz CT molecular complexity index is 462. The van der Waals surface area contributed by atoms with Crippen molar-refractivity contribution >= 4 is 5.97 Å². The number of ether oxygens (including phenoxy) is 1. The topological polar surface area (TPSA) is 46.5 Å². The van der Waals surface area contributed by atoms with Gasteiger partial charge < -0.3 is 9.84 Å². The zero-order chi connectivity index (χ0) is 13.1. The van der Waals surface area contributed by atoms with E-state index in [0.717, 1.165) is 31.3 Å². The average Bonchev–Trinajstić information content (AvgIpc) is 2.60. The monoisotopic (exact) mass is 248 g/mol. The standard InChI is InChI=1S/C15H20O3/c1-8-10-4-6-15(3)7-5-11(16)9(2)12(15)13(10)18-14(8)17/h10-11,13,16H,1,4-7H2,2-3H3. The van der Waals surface area contributed by atoms with Gasteiger partial charge in [0.25, 0.3) is 0 Å². The van der Waals surface area contributed by atoms with Gasteiger partial charge >= 0.3 is 5.97 Å². The molecule has 18 heavy (non-hydrogen) atoms. The van der Waals surface area contributed by atoms with Gasteiger partial charge in [-0.1, -0.05) is 13.5 Å². The summed E-state index contributed by atoms with van der Waals surface area (Å²) in [5.74, 6) is -0.129. The molecule has 2 fully saturated rings. The van der Waals surface area contributed by atoms with Gasteiger partial charge in [-0.3, -0.25) is 0 Å². The molecule has 1 heterocycles. The van der Waals surface area contributed by atoms with Crippen LogP contribution < -0.4 is 0 Å².